The van der Waals surface area contributed by atoms with Crippen molar-refractivity contribution in [2.45, 2.75) is 38.3 Å². The van der Waals surface area contributed by atoms with Crippen LogP contribution in [0.3, 0.4) is 0 Å². The van der Waals surface area contributed by atoms with Crippen LogP contribution in [0, 0.1) is 0 Å². The molecule has 0 radical (unpaired) electrons. The Morgan fingerprint density at radius 2 is 2.04 bits per heavy atom. The number of rotatable bonds is 7. The number of carbonyl (C=O) groups excluding carboxylic acids is 1. The number of hydrogen-bond acceptors (Lipinski definition) is 4. The molecule has 1 N–H and O–H groups in total. The molecule has 0 saturated heterocycles. The second-order valence-electron chi connectivity index (χ2n) is 7.11. The Balaban J connectivity index is 1.50. The Kier molecular flexibility index (Phi) is 5.83. The standard InChI is InChI=1S/C20H27N5O/c1-15(26)21-18-12-17(13-18)20-23-22-19(25(20)3)14-24(2)11-7-10-16-8-5-4-6-9-16/h4-10,17-18H,11-14H2,1-3H3,(H,21,26). The third-order valence-corrected chi connectivity index (χ3v) is 4.85. The fraction of sp³-hybridized carbons (Fsp3) is 0.450. The Labute approximate surface area is 154 Å². The van der Waals surface area contributed by atoms with Crippen molar-refractivity contribution in [3.63, 3.8) is 0 Å². The monoisotopic (exact) mass is 353 g/mol. The topological polar surface area (TPSA) is 63.1 Å². The third kappa shape index (κ3) is 4.58. The molecule has 1 aromatic carbocycles. The lowest BCUT2D eigenvalue weighted by molar-refractivity contribution is -0.120. The number of nitrogens with one attached hydrogen (secondary N) is 1. The first-order chi connectivity index (χ1) is 12.5. The van der Waals surface area contributed by atoms with Gasteiger partial charge < -0.3 is 9.88 Å². The van der Waals surface area contributed by atoms with Gasteiger partial charge in [0.2, 0.25) is 5.91 Å². The first-order valence-corrected chi connectivity index (χ1v) is 9.08. The summed E-state index contributed by atoms with van der Waals surface area (Å²) in [6.07, 6.45) is 6.19. The van der Waals surface area contributed by atoms with E-state index >= 15 is 0 Å². The summed E-state index contributed by atoms with van der Waals surface area (Å²) in [5.41, 5.74) is 1.21. The molecule has 1 saturated carbocycles. The molecule has 138 valence electrons. The summed E-state index contributed by atoms with van der Waals surface area (Å²) >= 11 is 0. The van der Waals surface area contributed by atoms with Crippen LogP contribution < -0.4 is 5.32 Å². The number of carbonyl (C=O) groups is 1. The molecule has 0 atom stereocenters. The fourth-order valence-corrected chi connectivity index (χ4v) is 3.34. The average Bonchev–Trinajstić information content (AvgIpc) is 2.92. The predicted molar refractivity (Wildman–Crippen MR) is 102 cm³/mol. The maximum absolute atomic E-state index is 11.1. The minimum atomic E-state index is 0.0392. The zero-order valence-corrected chi connectivity index (χ0v) is 15.7. The highest BCUT2D eigenvalue weighted by molar-refractivity contribution is 5.73. The van der Waals surface area contributed by atoms with E-state index in [1.54, 1.807) is 6.92 Å². The van der Waals surface area contributed by atoms with Gasteiger partial charge in [0.15, 0.2) is 0 Å². The van der Waals surface area contributed by atoms with Crippen molar-refractivity contribution in [3.8, 4) is 0 Å². The smallest absolute Gasteiger partial charge is 0.217 e. The van der Waals surface area contributed by atoms with E-state index in [1.807, 2.05) is 25.2 Å². The Hall–Kier alpha value is -2.47. The number of nitrogens with zero attached hydrogens (tertiary/aromatic N) is 4. The highest BCUT2D eigenvalue weighted by atomic mass is 16.1. The van der Waals surface area contributed by atoms with Crippen molar-refractivity contribution in [2.75, 3.05) is 13.6 Å². The minimum absolute atomic E-state index is 0.0392. The zero-order valence-electron chi connectivity index (χ0n) is 15.7. The molecule has 0 bridgehead atoms. The summed E-state index contributed by atoms with van der Waals surface area (Å²) in [5.74, 6) is 2.42. The Morgan fingerprint density at radius 3 is 2.73 bits per heavy atom. The average molecular weight is 353 g/mol. The number of likely N-dealkylation sites (N-methyl/N-ethyl adjacent to an activating group) is 1. The van der Waals surface area contributed by atoms with Crippen LogP contribution in [0.25, 0.3) is 6.08 Å². The SMILES string of the molecule is CC(=O)NC1CC(c2nnc(CN(C)CC=Cc3ccccc3)n2C)C1. The number of amides is 1. The molecule has 6 nitrogen and oxygen atoms in total. The number of hydrogen-bond donors (Lipinski definition) is 1. The first-order valence-electron chi connectivity index (χ1n) is 9.08. The maximum atomic E-state index is 11.1. The second kappa shape index (κ2) is 8.27. The lowest BCUT2D eigenvalue weighted by atomic mass is 9.79. The minimum Gasteiger partial charge on any atom is -0.354 e. The van der Waals surface area contributed by atoms with Crippen LogP contribution >= 0.6 is 0 Å². The van der Waals surface area contributed by atoms with Gasteiger partial charge >= 0.3 is 0 Å². The van der Waals surface area contributed by atoms with Crippen LogP contribution in [0.1, 0.15) is 42.9 Å². The molecule has 0 aliphatic heterocycles. The van der Waals surface area contributed by atoms with E-state index in [4.69, 9.17) is 0 Å². The van der Waals surface area contributed by atoms with Crippen molar-refractivity contribution in [2.24, 2.45) is 7.05 Å². The molecule has 26 heavy (non-hydrogen) atoms. The highest BCUT2D eigenvalue weighted by Crippen LogP contribution is 2.35. The Morgan fingerprint density at radius 1 is 1.31 bits per heavy atom. The molecular formula is C20H27N5O. The normalized spacial score (nSPS) is 19.7. The van der Waals surface area contributed by atoms with Crippen molar-refractivity contribution in [1.82, 2.24) is 25.0 Å². The highest BCUT2D eigenvalue weighted by Gasteiger charge is 2.34. The number of benzene rings is 1. The Bertz CT molecular complexity index is 762. The van der Waals surface area contributed by atoms with Gasteiger partial charge in [-0.3, -0.25) is 9.69 Å². The molecule has 3 rings (SSSR count). The summed E-state index contributed by atoms with van der Waals surface area (Å²) in [6.45, 7) is 3.17. The summed E-state index contributed by atoms with van der Waals surface area (Å²) < 4.78 is 2.10. The van der Waals surface area contributed by atoms with E-state index in [0.29, 0.717) is 5.92 Å². The summed E-state index contributed by atoms with van der Waals surface area (Å²) in [7, 11) is 4.11. The lowest BCUT2D eigenvalue weighted by Crippen LogP contribution is -2.43. The molecular weight excluding hydrogens is 326 g/mol. The van der Waals surface area contributed by atoms with Crippen molar-refractivity contribution >= 4 is 12.0 Å². The van der Waals surface area contributed by atoms with E-state index in [9.17, 15) is 4.79 Å². The lowest BCUT2D eigenvalue weighted by Gasteiger charge is -2.34. The van der Waals surface area contributed by atoms with Gasteiger partial charge in [-0.2, -0.15) is 0 Å². The van der Waals surface area contributed by atoms with Crippen LogP contribution in [-0.2, 0) is 18.4 Å². The van der Waals surface area contributed by atoms with Gasteiger partial charge in [-0.15, -0.1) is 10.2 Å². The van der Waals surface area contributed by atoms with Gasteiger partial charge in [-0.1, -0.05) is 42.5 Å². The fourth-order valence-electron chi connectivity index (χ4n) is 3.34. The number of aromatic nitrogens is 3. The van der Waals surface area contributed by atoms with Crippen LogP contribution in [0.15, 0.2) is 36.4 Å². The molecule has 1 aliphatic carbocycles. The van der Waals surface area contributed by atoms with Crippen LogP contribution in [-0.4, -0.2) is 45.2 Å². The molecule has 2 aromatic rings. The summed E-state index contributed by atoms with van der Waals surface area (Å²) in [4.78, 5) is 13.3. The molecule has 0 unspecified atom stereocenters. The van der Waals surface area contributed by atoms with Gasteiger partial charge in [0.25, 0.3) is 0 Å². The molecule has 0 spiro atoms. The van der Waals surface area contributed by atoms with E-state index < -0.39 is 0 Å². The van der Waals surface area contributed by atoms with E-state index in [0.717, 1.165) is 37.6 Å². The second-order valence-corrected chi connectivity index (χ2v) is 7.11. The summed E-state index contributed by atoms with van der Waals surface area (Å²) in [6, 6.07) is 10.6. The maximum Gasteiger partial charge on any atom is 0.217 e. The molecule has 1 aliphatic rings. The predicted octanol–water partition coefficient (Wildman–Crippen LogP) is 2.34. The van der Waals surface area contributed by atoms with Gasteiger partial charge in [0.1, 0.15) is 11.6 Å². The van der Waals surface area contributed by atoms with Gasteiger partial charge in [0, 0.05) is 32.5 Å². The van der Waals surface area contributed by atoms with E-state index in [-0.39, 0.29) is 11.9 Å². The van der Waals surface area contributed by atoms with Crippen LogP contribution in [0.5, 0.6) is 0 Å². The van der Waals surface area contributed by atoms with Crippen molar-refractivity contribution in [1.29, 1.82) is 0 Å². The third-order valence-electron chi connectivity index (χ3n) is 4.85. The van der Waals surface area contributed by atoms with E-state index in [2.05, 4.69) is 56.3 Å². The van der Waals surface area contributed by atoms with Crippen molar-refractivity contribution < 1.29 is 4.79 Å². The summed E-state index contributed by atoms with van der Waals surface area (Å²) in [5, 5.41) is 11.7. The van der Waals surface area contributed by atoms with Gasteiger partial charge in [-0.25, -0.2) is 0 Å². The van der Waals surface area contributed by atoms with Gasteiger partial charge in [-0.05, 0) is 25.5 Å². The molecule has 1 aromatic heterocycles. The first kappa shape index (κ1) is 18.3. The zero-order chi connectivity index (χ0) is 18.5. The molecule has 1 amide bonds. The largest absolute Gasteiger partial charge is 0.354 e. The van der Waals surface area contributed by atoms with Crippen molar-refractivity contribution in [3.05, 3.63) is 53.6 Å². The molecule has 1 fully saturated rings. The van der Waals surface area contributed by atoms with Crippen LogP contribution in [0.2, 0.25) is 0 Å². The quantitative estimate of drug-likeness (QED) is 0.830. The van der Waals surface area contributed by atoms with Crippen LogP contribution in [0.4, 0.5) is 0 Å². The van der Waals surface area contributed by atoms with Gasteiger partial charge in [0.05, 0.1) is 6.54 Å². The van der Waals surface area contributed by atoms with E-state index in [1.165, 1.54) is 5.56 Å². The molecule has 1 heterocycles. The molecule has 6 heteroatoms.